The topological polar surface area (TPSA) is 114 Å². The van der Waals surface area contributed by atoms with Crippen molar-refractivity contribution in [1.82, 2.24) is 30.1 Å². The fourth-order valence-electron chi connectivity index (χ4n) is 5.47. The van der Waals surface area contributed by atoms with Crippen LogP contribution >= 0.6 is 15.9 Å². The van der Waals surface area contributed by atoms with E-state index in [4.69, 9.17) is 0 Å². The Bertz CT molecular complexity index is 1510. The largest absolute Gasteiger partial charge is 0.337 e. The maximum atomic E-state index is 13.5. The summed E-state index contributed by atoms with van der Waals surface area (Å²) in [5, 5.41) is 14.9. The molecule has 1 N–H and O–H groups in total. The first kappa shape index (κ1) is 22.8. The predicted molar refractivity (Wildman–Crippen MR) is 135 cm³/mol. The highest BCUT2D eigenvalue weighted by atomic mass is 79.9. The molecular formula is C26H23BrN6O3. The standard InChI is InChI=1S/C26H23BrN6O3/c1-14(34)20-12-32(21-5-3-2-4-19(20)21)13-25(36)33-22-10-16(22)11-23(33)24(35)8-15-6-17(9-18(27)7-15)26-28-30-31-29-26/h2-7,9,12,16,22-23H,8,10-11,13H2,1H3,(H,28,29,30,31)/t16-,22-,23+/m1/s1. The van der Waals surface area contributed by atoms with Crippen LogP contribution in [0.1, 0.15) is 35.7 Å². The number of piperidine rings is 1. The van der Waals surface area contributed by atoms with Gasteiger partial charge in [-0.25, -0.2) is 0 Å². The summed E-state index contributed by atoms with van der Waals surface area (Å²) in [5.74, 6) is 0.732. The predicted octanol–water partition coefficient (Wildman–Crippen LogP) is 3.59. The number of carbonyl (C=O) groups is 3. The lowest BCUT2D eigenvalue weighted by Crippen LogP contribution is -2.45. The Morgan fingerprint density at radius 2 is 1.97 bits per heavy atom. The zero-order valence-electron chi connectivity index (χ0n) is 19.5. The van der Waals surface area contributed by atoms with Gasteiger partial charge in [0.2, 0.25) is 11.7 Å². The number of aromatic amines is 1. The summed E-state index contributed by atoms with van der Waals surface area (Å²) < 4.78 is 2.65. The van der Waals surface area contributed by atoms with E-state index in [0.29, 0.717) is 23.7 Å². The van der Waals surface area contributed by atoms with Crippen LogP contribution in [-0.2, 0) is 22.6 Å². The molecule has 4 aromatic rings. The lowest BCUT2D eigenvalue weighted by Gasteiger charge is -2.27. The second kappa shape index (κ2) is 8.77. The number of halogens is 1. The Labute approximate surface area is 215 Å². The number of hydrogen-bond donors (Lipinski definition) is 1. The van der Waals surface area contributed by atoms with Crippen molar-refractivity contribution in [2.45, 2.75) is 44.8 Å². The van der Waals surface area contributed by atoms with E-state index in [9.17, 15) is 14.4 Å². The normalized spacial score (nSPS) is 20.5. The van der Waals surface area contributed by atoms with Gasteiger partial charge >= 0.3 is 0 Å². The van der Waals surface area contributed by atoms with Crippen molar-refractivity contribution >= 4 is 44.3 Å². The third kappa shape index (κ3) is 4.05. The number of tetrazole rings is 1. The monoisotopic (exact) mass is 546 g/mol. The summed E-state index contributed by atoms with van der Waals surface area (Å²) in [6.07, 6.45) is 3.60. The van der Waals surface area contributed by atoms with Crippen LogP contribution in [0.15, 0.2) is 53.1 Å². The molecule has 3 atom stereocenters. The molecule has 2 aromatic carbocycles. The number of nitrogens with one attached hydrogen (secondary N) is 1. The quantitative estimate of drug-likeness (QED) is 0.354. The van der Waals surface area contributed by atoms with Crippen molar-refractivity contribution in [3.63, 3.8) is 0 Å². The highest BCUT2D eigenvalue weighted by Crippen LogP contribution is 2.48. The molecule has 9 nitrogen and oxygen atoms in total. The summed E-state index contributed by atoms with van der Waals surface area (Å²) in [6, 6.07) is 12.9. The molecule has 1 aliphatic carbocycles. The molecule has 0 unspecified atom stereocenters. The molecule has 3 heterocycles. The Kier molecular flexibility index (Phi) is 5.55. The number of ketones is 2. The van der Waals surface area contributed by atoms with Crippen LogP contribution < -0.4 is 0 Å². The molecule has 0 bridgehead atoms. The van der Waals surface area contributed by atoms with E-state index in [0.717, 1.165) is 32.9 Å². The summed E-state index contributed by atoms with van der Waals surface area (Å²) in [6.45, 7) is 1.63. The smallest absolute Gasteiger partial charge is 0.243 e. The number of likely N-dealkylation sites (tertiary alicyclic amines) is 1. The van der Waals surface area contributed by atoms with E-state index in [1.807, 2.05) is 47.0 Å². The van der Waals surface area contributed by atoms with Crippen molar-refractivity contribution < 1.29 is 14.4 Å². The number of rotatable bonds is 7. The minimum atomic E-state index is -0.442. The zero-order chi connectivity index (χ0) is 25.0. The zero-order valence-corrected chi connectivity index (χ0v) is 21.1. The number of fused-ring (bicyclic) bond motifs is 2. The maximum Gasteiger partial charge on any atom is 0.243 e. The number of hydrogen-bond acceptors (Lipinski definition) is 6. The van der Waals surface area contributed by atoms with Crippen molar-refractivity contribution in [3.8, 4) is 11.4 Å². The maximum absolute atomic E-state index is 13.5. The minimum Gasteiger partial charge on any atom is -0.337 e. The number of aromatic nitrogens is 5. The Hall–Kier alpha value is -3.66. The van der Waals surface area contributed by atoms with Gasteiger partial charge in [0.15, 0.2) is 11.6 Å². The van der Waals surface area contributed by atoms with E-state index >= 15 is 0 Å². The Morgan fingerprint density at radius 3 is 2.75 bits per heavy atom. The fraction of sp³-hybridized carbons (Fsp3) is 0.308. The molecule has 1 aliphatic heterocycles. The molecule has 6 rings (SSSR count). The molecule has 2 fully saturated rings. The number of H-pyrrole nitrogens is 1. The number of benzene rings is 2. The average molecular weight is 547 g/mol. The highest BCUT2D eigenvalue weighted by Gasteiger charge is 2.55. The lowest BCUT2D eigenvalue weighted by molar-refractivity contribution is -0.139. The molecule has 0 radical (unpaired) electrons. The molecule has 1 amide bonds. The number of Topliss-reactive ketones (excluding diaryl/α,β-unsaturated/α-hetero) is 2. The highest BCUT2D eigenvalue weighted by molar-refractivity contribution is 9.10. The van der Waals surface area contributed by atoms with Gasteiger partial charge in [0.25, 0.3) is 0 Å². The van der Waals surface area contributed by atoms with Crippen LogP contribution in [0.3, 0.4) is 0 Å². The van der Waals surface area contributed by atoms with Crippen LogP contribution in [0.5, 0.6) is 0 Å². The first-order valence-corrected chi connectivity index (χ1v) is 12.6. The summed E-state index contributed by atoms with van der Waals surface area (Å²) in [4.78, 5) is 40.9. The Morgan fingerprint density at radius 1 is 1.14 bits per heavy atom. The third-order valence-electron chi connectivity index (χ3n) is 7.18. The van der Waals surface area contributed by atoms with E-state index in [1.165, 1.54) is 6.92 Å². The summed E-state index contributed by atoms with van der Waals surface area (Å²) >= 11 is 3.50. The molecule has 2 aromatic heterocycles. The van der Waals surface area contributed by atoms with Gasteiger partial charge in [0.1, 0.15) is 6.54 Å². The van der Waals surface area contributed by atoms with Gasteiger partial charge in [0, 0.05) is 45.2 Å². The molecule has 2 aliphatic rings. The van der Waals surface area contributed by atoms with Crippen molar-refractivity contribution in [2.75, 3.05) is 0 Å². The minimum absolute atomic E-state index is 0.0227. The van der Waals surface area contributed by atoms with Gasteiger partial charge in [0.05, 0.1) is 6.04 Å². The van der Waals surface area contributed by atoms with Crippen molar-refractivity contribution in [3.05, 3.63) is 64.3 Å². The SMILES string of the molecule is CC(=O)c1cn(CC(=O)N2[C@@H]3C[C@@H]3C[C@H]2C(=O)Cc2cc(Br)cc(-c3nn[nH]n3)c2)c2ccccc12. The molecule has 1 saturated carbocycles. The van der Waals surface area contributed by atoms with Crippen molar-refractivity contribution in [1.29, 1.82) is 0 Å². The molecule has 10 heteroatoms. The van der Waals surface area contributed by atoms with Gasteiger partial charge in [-0.15, -0.1) is 10.2 Å². The first-order chi connectivity index (χ1) is 17.4. The van der Waals surface area contributed by atoms with E-state index in [2.05, 4.69) is 36.6 Å². The lowest BCUT2D eigenvalue weighted by atomic mass is 9.99. The van der Waals surface area contributed by atoms with Gasteiger partial charge in [-0.2, -0.15) is 5.21 Å². The van der Waals surface area contributed by atoms with Gasteiger partial charge in [-0.05, 0) is 60.7 Å². The van der Waals surface area contributed by atoms with Crippen LogP contribution in [0.25, 0.3) is 22.3 Å². The molecule has 1 saturated heterocycles. The van der Waals surface area contributed by atoms with E-state index in [1.54, 1.807) is 11.1 Å². The fourth-order valence-corrected chi connectivity index (χ4v) is 6.01. The third-order valence-corrected chi connectivity index (χ3v) is 7.63. The number of para-hydroxylation sites is 1. The van der Waals surface area contributed by atoms with Crippen LogP contribution in [0, 0.1) is 5.92 Å². The molecule has 36 heavy (non-hydrogen) atoms. The summed E-state index contributed by atoms with van der Waals surface area (Å²) in [5.41, 5.74) is 3.02. The Balaban J connectivity index is 1.23. The van der Waals surface area contributed by atoms with Crippen LogP contribution in [0.4, 0.5) is 0 Å². The van der Waals surface area contributed by atoms with Gasteiger partial charge in [-0.1, -0.05) is 34.1 Å². The number of carbonyl (C=O) groups excluding carboxylic acids is 3. The van der Waals surface area contributed by atoms with Gasteiger partial charge < -0.3 is 9.47 Å². The number of nitrogens with zero attached hydrogens (tertiary/aromatic N) is 5. The van der Waals surface area contributed by atoms with E-state index < -0.39 is 6.04 Å². The van der Waals surface area contributed by atoms with Crippen molar-refractivity contribution in [2.24, 2.45) is 5.92 Å². The first-order valence-electron chi connectivity index (χ1n) is 11.8. The molecular weight excluding hydrogens is 524 g/mol. The molecule has 0 spiro atoms. The molecule has 182 valence electrons. The van der Waals surface area contributed by atoms with E-state index in [-0.39, 0.29) is 36.5 Å². The van der Waals surface area contributed by atoms with Crippen LogP contribution in [0.2, 0.25) is 0 Å². The second-order valence-corrected chi connectivity index (χ2v) is 10.5. The number of amides is 1. The summed E-state index contributed by atoms with van der Waals surface area (Å²) in [7, 11) is 0. The average Bonchev–Trinajstić information content (AvgIpc) is 3.23. The van der Waals surface area contributed by atoms with Crippen LogP contribution in [-0.4, -0.2) is 59.6 Å². The van der Waals surface area contributed by atoms with Gasteiger partial charge in [-0.3, -0.25) is 14.4 Å². The second-order valence-electron chi connectivity index (χ2n) is 9.59.